The molecule has 0 bridgehead atoms. The molecule has 0 spiro atoms. The summed E-state index contributed by atoms with van der Waals surface area (Å²) in [5.41, 5.74) is 2.53. The number of rotatable bonds is 2. The molecule has 1 aromatic heterocycles. The van der Waals surface area contributed by atoms with Crippen molar-refractivity contribution >= 4 is 22.5 Å². The van der Waals surface area contributed by atoms with Crippen molar-refractivity contribution in [3.63, 3.8) is 0 Å². The molecule has 0 radical (unpaired) electrons. The summed E-state index contributed by atoms with van der Waals surface area (Å²) in [7, 11) is 0. The zero-order valence-corrected chi connectivity index (χ0v) is 15.9. The van der Waals surface area contributed by atoms with Crippen molar-refractivity contribution in [3.8, 4) is 6.07 Å². The Hall–Kier alpha value is -2.72. The number of aryl methyl sites for hydroxylation is 1. The van der Waals surface area contributed by atoms with Crippen LogP contribution >= 0.6 is 0 Å². The molecule has 146 valence electrons. The summed E-state index contributed by atoms with van der Waals surface area (Å²) >= 11 is 0. The van der Waals surface area contributed by atoms with Crippen LogP contribution in [0.15, 0.2) is 18.3 Å². The number of amides is 1. The van der Waals surface area contributed by atoms with Crippen LogP contribution in [0.4, 0.5) is 10.1 Å². The first-order chi connectivity index (χ1) is 13.6. The Balaban J connectivity index is 1.69. The Bertz CT molecular complexity index is 950. The second-order valence-corrected chi connectivity index (χ2v) is 7.47. The first-order valence-corrected chi connectivity index (χ1v) is 9.69. The van der Waals surface area contributed by atoms with Crippen molar-refractivity contribution in [3.05, 3.63) is 35.3 Å². The molecule has 0 saturated carbocycles. The molecular weight excluding hydrogens is 359 g/mol. The summed E-state index contributed by atoms with van der Waals surface area (Å²) in [5.74, 6) is -0.329. The number of pyridine rings is 1. The van der Waals surface area contributed by atoms with Crippen molar-refractivity contribution in [2.24, 2.45) is 5.92 Å². The summed E-state index contributed by atoms with van der Waals surface area (Å²) in [6.45, 7) is 5.48. The molecule has 2 aliphatic heterocycles. The fourth-order valence-electron chi connectivity index (χ4n) is 4.27. The molecule has 0 aliphatic carbocycles. The summed E-state index contributed by atoms with van der Waals surface area (Å²) in [5, 5.41) is 10.3. The lowest BCUT2D eigenvalue weighted by Crippen LogP contribution is -2.48. The van der Waals surface area contributed by atoms with Crippen LogP contribution in [0.3, 0.4) is 0 Å². The Labute approximate surface area is 163 Å². The number of hydrogen-bond donors (Lipinski definition) is 0. The number of hydrogen-bond acceptors (Lipinski definition) is 5. The topological polar surface area (TPSA) is 69.5 Å². The molecule has 3 heterocycles. The third-order valence-electron chi connectivity index (χ3n) is 5.63. The highest BCUT2D eigenvalue weighted by molar-refractivity contribution is 5.96. The minimum Gasteiger partial charge on any atom is -0.378 e. The Morgan fingerprint density at radius 2 is 2.11 bits per heavy atom. The molecule has 2 saturated heterocycles. The lowest BCUT2D eigenvalue weighted by Gasteiger charge is -2.37. The molecule has 28 heavy (non-hydrogen) atoms. The zero-order chi connectivity index (χ0) is 19.7. The summed E-state index contributed by atoms with van der Waals surface area (Å²) in [6.07, 6.45) is 3.23. The molecule has 1 atom stereocenters. The van der Waals surface area contributed by atoms with Crippen LogP contribution in [0, 0.1) is 30.0 Å². The normalized spacial score (nSPS) is 20.2. The van der Waals surface area contributed by atoms with E-state index in [0.29, 0.717) is 55.0 Å². The molecule has 0 N–H and O–H groups in total. The molecule has 1 aromatic carbocycles. The zero-order valence-electron chi connectivity index (χ0n) is 15.9. The average Bonchev–Trinajstić information content (AvgIpc) is 2.73. The first kappa shape index (κ1) is 18.6. The second-order valence-electron chi connectivity index (χ2n) is 7.47. The number of ether oxygens (including phenoxy) is 1. The standard InChI is InChI=1S/C21H23FN4O2/c1-14-9-17(22)10-18-19(14)24-12-16(11-23)20(18)26-4-2-3-15(13-26)21(27)25-5-7-28-8-6-25/h9-10,12,15H,2-8,13H2,1H3. The number of aromatic nitrogens is 1. The van der Waals surface area contributed by atoms with Crippen molar-refractivity contribution in [1.82, 2.24) is 9.88 Å². The largest absolute Gasteiger partial charge is 0.378 e. The third-order valence-corrected chi connectivity index (χ3v) is 5.63. The maximum absolute atomic E-state index is 14.1. The van der Waals surface area contributed by atoms with E-state index in [2.05, 4.69) is 16.0 Å². The number of benzene rings is 1. The van der Waals surface area contributed by atoms with Crippen molar-refractivity contribution in [2.45, 2.75) is 19.8 Å². The van der Waals surface area contributed by atoms with Gasteiger partial charge in [-0.2, -0.15) is 5.26 Å². The summed E-state index contributed by atoms with van der Waals surface area (Å²) < 4.78 is 19.5. The van der Waals surface area contributed by atoms with Crippen LogP contribution in [0.25, 0.3) is 10.9 Å². The Morgan fingerprint density at radius 1 is 1.32 bits per heavy atom. The maximum Gasteiger partial charge on any atom is 0.227 e. The first-order valence-electron chi connectivity index (χ1n) is 9.69. The highest BCUT2D eigenvalue weighted by Crippen LogP contribution is 2.34. The van der Waals surface area contributed by atoms with Crippen LogP contribution in [-0.2, 0) is 9.53 Å². The van der Waals surface area contributed by atoms with Gasteiger partial charge in [0, 0.05) is 37.8 Å². The number of nitriles is 1. The van der Waals surface area contributed by atoms with E-state index < -0.39 is 0 Å². The van der Waals surface area contributed by atoms with Crippen LogP contribution < -0.4 is 4.90 Å². The van der Waals surface area contributed by atoms with Gasteiger partial charge in [-0.3, -0.25) is 9.78 Å². The molecule has 2 fully saturated rings. The van der Waals surface area contributed by atoms with Gasteiger partial charge >= 0.3 is 0 Å². The molecule has 7 heteroatoms. The van der Waals surface area contributed by atoms with Gasteiger partial charge in [-0.1, -0.05) is 0 Å². The van der Waals surface area contributed by atoms with Crippen molar-refractivity contribution in [2.75, 3.05) is 44.3 Å². The Morgan fingerprint density at radius 3 is 2.86 bits per heavy atom. The molecule has 4 rings (SSSR count). The van der Waals surface area contributed by atoms with Gasteiger partial charge in [-0.15, -0.1) is 0 Å². The van der Waals surface area contributed by atoms with Crippen LogP contribution in [0.5, 0.6) is 0 Å². The van der Waals surface area contributed by atoms with Crippen LogP contribution in [0.1, 0.15) is 24.0 Å². The Kier molecular flexibility index (Phi) is 5.14. The minimum absolute atomic E-state index is 0.128. The second kappa shape index (κ2) is 7.72. The number of fused-ring (bicyclic) bond motifs is 1. The maximum atomic E-state index is 14.1. The lowest BCUT2D eigenvalue weighted by molar-refractivity contribution is -0.139. The number of nitrogens with zero attached hydrogens (tertiary/aromatic N) is 4. The SMILES string of the molecule is Cc1cc(F)cc2c(N3CCCC(C(=O)N4CCOCC4)C3)c(C#N)cnc12. The fourth-order valence-corrected chi connectivity index (χ4v) is 4.27. The van der Waals surface area contributed by atoms with Gasteiger partial charge in [-0.05, 0) is 37.5 Å². The van der Waals surface area contributed by atoms with E-state index in [0.717, 1.165) is 24.9 Å². The van der Waals surface area contributed by atoms with E-state index in [4.69, 9.17) is 4.74 Å². The summed E-state index contributed by atoms with van der Waals surface area (Å²) in [4.78, 5) is 21.3. The fraction of sp³-hybridized carbons (Fsp3) is 0.476. The molecule has 2 aromatic rings. The minimum atomic E-state index is -0.346. The molecule has 1 amide bonds. The number of anilines is 1. The van der Waals surface area contributed by atoms with Gasteiger partial charge in [0.05, 0.1) is 35.9 Å². The number of piperidine rings is 1. The van der Waals surface area contributed by atoms with Crippen molar-refractivity contribution in [1.29, 1.82) is 5.26 Å². The molecule has 1 unspecified atom stereocenters. The highest BCUT2D eigenvalue weighted by atomic mass is 19.1. The highest BCUT2D eigenvalue weighted by Gasteiger charge is 2.31. The van der Waals surface area contributed by atoms with E-state index >= 15 is 0 Å². The quantitative estimate of drug-likeness (QED) is 0.799. The van der Waals surface area contributed by atoms with Gasteiger partial charge in [0.25, 0.3) is 0 Å². The van der Waals surface area contributed by atoms with Crippen LogP contribution in [-0.4, -0.2) is 55.2 Å². The average molecular weight is 382 g/mol. The molecule has 2 aliphatic rings. The van der Waals surface area contributed by atoms with E-state index in [-0.39, 0.29) is 17.6 Å². The predicted molar refractivity (Wildman–Crippen MR) is 103 cm³/mol. The predicted octanol–water partition coefficient (Wildman–Crippen LogP) is 2.63. The van der Waals surface area contributed by atoms with Gasteiger partial charge in [-0.25, -0.2) is 4.39 Å². The number of halogens is 1. The van der Waals surface area contributed by atoms with E-state index in [9.17, 15) is 14.4 Å². The van der Waals surface area contributed by atoms with E-state index in [1.54, 1.807) is 6.20 Å². The monoisotopic (exact) mass is 382 g/mol. The number of carbonyl (C=O) groups excluding carboxylic acids is 1. The van der Waals surface area contributed by atoms with E-state index in [1.807, 2.05) is 11.8 Å². The van der Waals surface area contributed by atoms with Gasteiger partial charge in [0.15, 0.2) is 0 Å². The molecule has 6 nitrogen and oxygen atoms in total. The number of carbonyl (C=O) groups is 1. The number of morpholine rings is 1. The summed E-state index contributed by atoms with van der Waals surface area (Å²) in [6, 6.07) is 5.09. The van der Waals surface area contributed by atoms with Gasteiger partial charge in [0.2, 0.25) is 5.91 Å². The van der Waals surface area contributed by atoms with Crippen molar-refractivity contribution < 1.29 is 13.9 Å². The smallest absolute Gasteiger partial charge is 0.227 e. The lowest BCUT2D eigenvalue weighted by atomic mass is 9.94. The molecular formula is C21H23FN4O2. The van der Waals surface area contributed by atoms with Gasteiger partial charge in [0.1, 0.15) is 11.9 Å². The van der Waals surface area contributed by atoms with Crippen LogP contribution in [0.2, 0.25) is 0 Å². The third kappa shape index (κ3) is 3.40. The van der Waals surface area contributed by atoms with E-state index in [1.165, 1.54) is 12.1 Å². The van der Waals surface area contributed by atoms with Gasteiger partial charge < -0.3 is 14.5 Å².